The lowest BCUT2D eigenvalue weighted by atomic mass is 9.90. The third-order valence-corrected chi connectivity index (χ3v) is 3.61. The minimum Gasteiger partial charge on any atom is -0.313 e. The van der Waals surface area contributed by atoms with Crippen LogP contribution in [0.1, 0.15) is 31.0 Å². The molecule has 0 aliphatic heterocycles. The van der Waals surface area contributed by atoms with Crippen molar-refractivity contribution in [3.05, 3.63) is 53.9 Å². The number of nitrogens with one attached hydrogen (secondary N) is 1. The fraction of sp³-hybridized carbons (Fsp3) is 0.438. The van der Waals surface area contributed by atoms with Gasteiger partial charge < -0.3 is 5.32 Å². The molecule has 0 saturated carbocycles. The lowest BCUT2D eigenvalue weighted by molar-refractivity contribution is 0.409. The van der Waals surface area contributed by atoms with E-state index in [1.54, 1.807) is 0 Å². The molecule has 0 bridgehead atoms. The van der Waals surface area contributed by atoms with Crippen molar-refractivity contribution in [2.45, 2.75) is 32.9 Å². The highest BCUT2D eigenvalue weighted by Gasteiger charge is 2.18. The molecule has 2 rings (SSSR count). The Morgan fingerprint density at radius 2 is 2.00 bits per heavy atom. The Morgan fingerprint density at radius 3 is 2.58 bits per heavy atom. The van der Waals surface area contributed by atoms with E-state index in [-0.39, 0.29) is 0 Å². The summed E-state index contributed by atoms with van der Waals surface area (Å²) in [5.41, 5.74) is 2.66. The second-order valence-electron chi connectivity index (χ2n) is 5.06. The molecule has 102 valence electrons. The maximum atomic E-state index is 4.34. The van der Waals surface area contributed by atoms with Gasteiger partial charge in [-0.3, -0.25) is 4.68 Å². The van der Waals surface area contributed by atoms with Gasteiger partial charge in [0.05, 0.1) is 6.20 Å². The average molecular weight is 257 g/mol. The Balaban J connectivity index is 2.06. The van der Waals surface area contributed by atoms with Crippen molar-refractivity contribution < 1.29 is 0 Å². The van der Waals surface area contributed by atoms with Gasteiger partial charge in [-0.05, 0) is 37.4 Å². The zero-order valence-corrected chi connectivity index (χ0v) is 12.0. The van der Waals surface area contributed by atoms with Crippen LogP contribution in [-0.4, -0.2) is 16.8 Å². The minimum absolute atomic E-state index is 0.381. The summed E-state index contributed by atoms with van der Waals surface area (Å²) < 4.78 is 1.99. The lowest BCUT2D eigenvalue weighted by Crippen LogP contribution is -2.24. The molecular weight excluding hydrogens is 234 g/mol. The molecule has 1 aromatic carbocycles. The van der Waals surface area contributed by atoms with Gasteiger partial charge in [-0.15, -0.1) is 0 Å². The van der Waals surface area contributed by atoms with Crippen molar-refractivity contribution in [3.63, 3.8) is 0 Å². The SMILES string of the molecule is CCn1cc(CC(C)C(NC)c2ccccc2)cn1. The van der Waals surface area contributed by atoms with Crippen molar-refractivity contribution in [3.8, 4) is 0 Å². The van der Waals surface area contributed by atoms with E-state index in [4.69, 9.17) is 0 Å². The third-order valence-electron chi connectivity index (χ3n) is 3.61. The Morgan fingerprint density at radius 1 is 1.26 bits per heavy atom. The van der Waals surface area contributed by atoms with Crippen LogP contribution in [-0.2, 0) is 13.0 Å². The van der Waals surface area contributed by atoms with Gasteiger partial charge in [0.2, 0.25) is 0 Å². The average Bonchev–Trinajstić information content (AvgIpc) is 2.88. The van der Waals surface area contributed by atoms with Gasteiger partial charge in [-0.2, -0.15) is 5.10 Å². The Bertz CT molecular complexity index is 490. The molecule has 1 aromatic heterocycles. The van der Waals surface area contributed by atoms with Crippen molar-refractivity contribution in [2.24, 2.45) is 5.92 Å². The van der Waals surface area contributed by atoms with Crippen LogP contribution in [0.15, 0.2) is 42.7 Å². The second-order valence-corrected chi connectivity index (χ2v) is 5.06. The highest BCUT2D eigenvalue weighted by molar-refractivity contribution is 5.20. The first-order chi connectivity index (χ1) is 9.24. The van der Waals surface area contributed by atoms with Gasteiger partial charge in [-0.25, -0.2) is 0 Å². The molecule has 0 aliphatic carbocycles. The summed E-state index contributed by atoms with van der Waals surface area (Å²) in [4.78, 5) is 0. The molecule has 2 aromatic rings. The molecule has 3 nitrogen and oxygen atoms in total. The normalized spacial score (nSPS) is 14.3. The number of hydrogen-bond acceptors (Lipinski definition) is 2. The highest BCUT2D eigenvalue weighted by atomic mass is 15.3. The van der Waals surface area contributed by atoms with E-state index >= 15 is 0 Å². The number of aromatic nitrogens is 2. The molecule has 0 spiro atoms. The monoisotopic (exact) mass is 257 g/mol. The fourth-order valence-corrected chi connectivity index (χ4v) is 2.61. The van der Waals surface area contributed by atoms with Gasteiger partial charge in [-0.1, -0.05) is 37.3 Å². The summed E-state index contributed by atoms with van der Waals surface area (Å²) in [6.45, 7) is 5.33. The second kappa shape index (κ2) is 6.53. The van der Waals surface area contributed by atoms with Gasteiger partial charge in [0, 0.05) is 18.8 Å². The predicted molar refractivity (Wildman–Crippen MR) is 79.0 cm³/mol. The van der Waals surface area contributed by atoms with E-state index in [0.29, 0.717) is 12.0 Å². The molecule has 2 unspecified atom stereocenters. The van der Waals surface area contributed by atoms with E-state index in [0.717, 1.165) is 13.0 Å². The molecular formula is C16H23N3. The molecule has 2 atom stereocenters. The van der Waals surface area contributed by atoms with Gasteiger partial charge >= 0.3 is 0 Å². The number of benzene rings is 1. The smallest absolute Gasteiger partial charge is 0.0521 e. The van der Waals surface area contributed by atoms with Crippen LogP contribution in [0, 0.1) is 5.92 Å². The van der Waals surface area contributed by atoms with E-state index in [1.165, 1.54) is 11.1 Å². The maximum Gasteiger partial charge on any atom is 0.0521 e. The topological polar surface area (TPSA) is 29.9 Å². The van der Waals surface area contributed by atoms with Crippen molar-refractivity contribution in [1.82, 2.24) is 15.1 Å². The molecule has 0 fully saturated rings. The van der Waals surface area contributed by atoms with Crippen molar-refractivity contribution >= 4 is 0 Å². The molecule has 0 aliphatic rings. The standard InChI is InChI=1S/C16H23N3/c1-4-19-12-14(11-18-19)10-13(2)16(17-3)15-8-6-5-7-9-15/h5-9,11-13,16-17H,4,10H2,1-3H3. The van der Waals surface area contributed by atoms with Crippen molar-refractivity contribution in [2.75, 3.05) is 7.05 Å². The lowest BCUT2D eigenvalue weighted by Gasteiger charge is -2.23. The molecule has 0 radical (unpaired) electrons. The van der Waals surface area contributed by atoms with Crippen LogP contribution in [0.5, 0.6) is 0 Å². The molecule has 1 N–H and O–H groups in total. The summed E-state index contributed by atoms with van der Waals surface area (Å²) in [6, 6.07) is 11.0. The zero-order chi connectivity index (χ0) is 13.7. The summed E-state index contributed by atoms with van der Waals surface area (Å²) in [6.07, 6.45) is 5.17. The zero-order valence-electron chi connectivity index (χ0n) is 12.0. The summed E-state index contributed by atoms with van der Waals surface area (Å²) in [5.74, 6) is 0.530. The van der Waals surface area contributed by atoms with E-state index in [9.17, 15) is 0 Å². The number of rotatable bonds is 6. The Hall–Kier alpha value is -1.61. The first-order valence-electron chi connectivity index (χ1n) is 6.98. The quantitative estimate of drug-likeness (QED) is 0.862. The third kappa shape index (κ3) is 3.44. The summed E-state index contributed by atoms with van der Waals surface area (Å²) in [7, 11) is 2.03. The minimum atomic E-state index is 0.381. The molecule has 0 saturated heterocycles. The molecule has 1 heterocycles. The van der Waals surface area contributed by atoms with Gasteiger partial charge in [0.1, 0.15) is 0 Å². The Labute approximate surface area is 115 Å². The van der Waals surface area contributed by atoms with Crippen LogP contribution in [0.3, 0.4) is 0 Å². The maximum absolute atomic E-state index is 4.34. The number of aryl methyl sites for hydroxylation is 1. The molecule has 3 heteroatoms. The summed E-state index contributed by atoms with van der Waals surface area (Å²) in [5, 5.41) is 7.77. The van der Waals surface area contributed by atoms with Gasteiger partial charge in [0.15, 0.2) is 0 Å². The number of hydrogen-bond donors (Lipinski definition) is 1. The van der Waals surface area contributed by atoms with Crippen LogP contribution in [0.4, 0.5) is 0 Å². The predicted octanol–water partition coefficient (Wildman–Crippen LogP) is 3.04. The van der Waals surface area contributed by atoms with Gasteiger partial charge in [0.25, 0.3) is 0 Å². The van der Waals surface area contributed by atoms with Crippen LogP contribution < -0.4 is 5.32 Å². The van der Waals surface area contributed by atoms with E-state index in [2.05, 4.69) is 60.8 Å². The van der Waals surface area contributed by atoms with E-state index in [1.807, 2.05) is 17.9 Å². The van der Waals surface area contributed by atoms with E-state index < -0.39 is 0 Å². The van der Waals surface area contributed by atoms with Crippen LogP contribution in [0.2, 0.25) is 0 Å². The number of nitrogens with zero attached hydrogens (tertiary/aromatic N) is 2. The largest absolute Gasteiger partial charge is 0.313 e. The van der Waals surface area contributed by atoms with Crippen molar-refractivity contribution in [1.29, 1.82) is 0 Å². The van der Waals surface area contributed by atoms with Crippen LogP contribution >= 0.6 is 0 Å². The fourth-order valence-electron chi connectivity index (χ4n) is 2.61. The Kier molecular flexibility index (Phi) is 4.74. The highest BCUT2D eigenvalue weighted by Crippen LogP contribution is 2.24. The van der Waals surface area contributed by atoms with Crippen LogP contribution in [0.25, 0.3) is 0 Å². The first kappa shape index (κ1) is 13.8. The molecule has 0 amide bonds. The summed E-state index contributed by atoms with van der Waals surface area (Å²) >= 11 is 0. The molecule has 19 heavy (non-hydrogen) atoms. The first-order valence-corrected chi connectivity index (χ1v) is 6.98.